The van der Waals surface area contributed by atoms with E-state index in [1.807, 2.05) is 33.8 Å². The predicted molar refractivity (Wildman–Crippen MR) is 80.2 cm³/mol. The molecule has 114 valence electrons. The zero-order chi connectivity index (χ0) is 15.3. The summed E-state index contributed by atoms with van der Waals surface area (Å²) in [5.74, 6) is 1.27. The average molecular weight is 291 g/mol. The standard InChI is InChI=1S/C15H22BNO4/c1-14(2)15(3,4)21-16(20-14)12-8-11(19-10-6-7-10)9-13(17-12)18-5/h8-10H,6-7H2,1-5H3. The molecule has 5 nitrogen and oxygen atoms in total. The first-order valence-electron chi connectivity index (χ1n) is 7.39. The smallest absolute Gasteiger partial charge is 0.490 e. The summed E-state index contributed by atoms with van der Waals surface area (Å²) in [7, 11) is 1.09. The number of rotatable bonds is 4. The lowest BCUT2D eigenvalue weighted by atomic mass is 9.84. The van der Waals surface area contributed by atoms with Gasteiger partial charge in [-0.15, -0.1) is 0 Å². The summed E-state index contributed by atoms with van der Waals surface area (Å²) in [6, 6.07) is 3.68. The molecule has 0 radical (unpaired) electrons. The third kappa shape index (κ3) is 2.87. The zero-order valence-corrected chi connectivity index (χ0v) is 13.3. The number of ether oxygens (including phenoxy) is 2. The Bertz CT molecular complexity index is 526. The third-order valence-corrected chi connectivity index (χ3v) is 4.33. The minimum atomic E-state index is -0.508. The summed E-state index contributed by atoms with van der Waals surface area (Å²) < 4.78 is 23.2. The van der Waals surface area contributed by atoms with Gasteiger partial charge in [-0.2, -0.15) is 0 Å². The Balaban J connectivity index is 1.87. The van der Waals surface area contributed by atoms with E-state index in [4.69, 9.17) is 18.8 Å². The van der Waals surface area contributed by atoms with Crippen LogP contribution in [0.2, 0.25) is 0 Å². The van der Waals surface area contributed by atoms with Crippen molar-refractivity contribution in [2.24, 2.45) is 0 Å². The van der Waals surface area contributed by atoms with Crippen molar-refractivity contribution in [3.8, 4) is 11.6 Å². The fraction of sp³-hybridized carbons (Fsp3) is 0.667. The van der Waals surface area contributed by atoms with Crippen LogP contribution in [0.4, 0.5) is 0 Å². The zero-order valence-electron chi connectivity index (χ0n) is 13.3. The van der Waals surface area contributed by atoms with E-state index >= 15 is 0 Å². The van der Waals surface area contributed by atoms with Gasteiger partial charge in [0.25, 0.3) is 0 Å². The number of hydrogen-bond acceptors (Lipinski definition) is 5. The summed E-state index contributed by atoms with van der Waals surface area (Å²) in [6.45, 7) is 8.09. The summed E-state index contributed by atoms with van der Waals surface area (Å²) in [4.78, 5) is 4.44. The highest BCUT2D eigenvalue weighted by Crippen LogP contribution is 2.37. The van der Waals surface area contributed by atoms with E-state index in [-0.39, 0.29) is 11.2 Å². The lowest BCUT2D eigenvalue weighted by Gasteiger charge is -2.32. The van der Waals surface area contributed by atoms with E-state index in [1.54, 1.807) is 13.2 Å². The van der Waals surface area contributed by atoms with Gasteiger partial charge in [-0.05, 0) is 46.6 Å². The number of nitrogens with zero attached hydrogens (tertiary/aromatic N) is 1. The maximum Gasteiger partial charge on any atom is 0.514 e. The van der Waals surface area contributed by atoms with Crippen LogP contribution in [-0.4, -0.2) is 36.5 Å². The Kier molecular flexibility index (Phi) is 3.41. The maximum atomic E-state index is 6.03. The van der Waals surface area contributed by atoms with Crippen LogP contribution >= 0.6 is 0 Å². The molecule has 0 N–H and O–H groups in total. The maximum absolute atomic E-state index is 6.03. The van der Waals surface area contributed by atoms with Crippen molar-refractivity contribution in [2.75, 3.05) is 7.11 Å². The minimum Gasteiger partial charge on any atom is -0.490 e. The van der Waals surface area contributed by atoms with Gasteiger partial charge in [0, 0.05) is 6.07 Å². The highest BCUT2D eigenvalue weighted by Gasteiger charge is 2.52. The molecule has 1 saturated heterocycles. The molecule has 1 saturated carbocycles. The Hall–Kier alpha value is -1.27. The van der Waals surface area contributed by atoms with Crippen LogP contribution in [0.15, 0.2) is 12.1 Å². The number of hydrogen-bond donors (Lipinski definition) is 0. The molecule has 6 heteroatoms. The van der Waals surface area contributed by atoms with Crippen LogP contribution in [0.25, 0.3) is 0 Å². The van der Waals surface area contributed by atoms with Crippen molar-refractivity contribution in [1.29, 1.82) is 0 Å². The van der Waals surface area contributed by atoms with Gasteiger partial charge >= 0.3 is 7.12 Å². The Morgan fingerprint density at radius 3 is 2.29 bits per heavy atom. The Morgan fingerprint density at radius 2 is 1.76 bits per heavy atom. The van der Waals surface area contributed by atoms with Crippen LogP contribution in [0.3, 0.4) is 0 Å². The molecule has 1 aromatic rings. The quantitative estimate of drug-likeness (QED) is 0.793. The molecule has 2 fully saturated rings. The van der Waals surface area contributed by atoms with E-state index in [1.165, 1.54) is 0 Å². The predicted octanol–water partition coefficient (Wildman–Crippen LogP) is 1.93. The first-order valence-corrected chi connectivity index (χ1v) is 7.39. The molecule has 1 aliphatic heterocycles. The van der Waals surface area contributed by atoms with Gasteiger partial charge in [-0.3, -0.25) is 0 Å². The van der Waals surface area contributed by atoms with Crippen LogP contribution in [-0.2, 0) is 9.31 Å². The van der Waals surface area contributed by atoms with E-state index in [0.717, 1.165) is 18.6 Å². The van der Waals surface area contributed by atoms with Crippen molar-refractivity contribution in [3.05, 3.63) is 12.1 Å². The van der Waals surface area contributed by atoms with Gasteiger partial charge in [-0.25, -0.2) is 4.98 Å². The third-order valence-electron chi connectivity index (χ3n) is 4.33. The minimum absolute atomic E-state index is 0.322. The molecular formula is C15H22BNO4. The van der Waals surface area contributed by atoms with Gasteiger partial charge in [-0.1, -0.05) is 0 Å². The fourth-order valence-corrected chi connectivity index (χ4v) is 2.14. The molecule has 2 aliphatic rings. The normalized spacial score (nSPS) is 23.2. The molecule has 1 aromatic heterocycles. The highest BCUT2D eigenvalue weighted by atomic mass is 16.7. The van der Waals surface area contributed by atoms with Crippen molar-refractivity contribution in [2.45, 2.75) is 57.8 Å². The molecule has 0 amide bonds. The topological polar surface area (TPSA) is 49.8 Å². The van der Waals surface area contributed by atoms with E-state index in [0.29, 0.717) is 17.6 Å². The van der Waals surface area contributed by atoms with Crippen molar-refractivity contribution >= 4 is 12.7 Å². The van der Waals surface area contributed by atoms with Gasteiger partial charge < -0.3 is 18.8 Å². The number of methoxy groups -OCH3 is 1. The summed E-state index contributed by atoms with van der Waals surface area (Å²) in [6.07, 6.45) is 2.54. The molecule has 1 aliphatic carbocycles. The lowest BCUT2D eigenvalue weighted by molar-refractivity contribution is 0.00578. The molecular weight excluding hydrogens is 269 g/mol. The van der Waals surface area contributed by atoms with Gasteiger partial charge in [0.15, 0.2) is 0 Å². The van der Waals surface area contributed by atoms with E-state index in [9.17, 15) is 0 Å². The van der Waals surface area contributed by atoms with Gasteiger partial charge in [0.1, 0.15) is 5.75 Å². The highest BCUT2D eigenvalue weighted by molar-refractivity contribution is 6.61. The number of pyridine rings is 1. The molecule has 2 heterocycles. The SMILES string of the molecule is COc1cc(OC2CC2)cc(B2OC(C)(C)C(C)(C)O2)n1. The van der Waals surface area contributed by atoms with Gasteiger partial charge in [0.05, 0.1) is 30.0 Å². The second-order valence-corrected chi connectivity index (χ2v) is 6.68. The summed E-state index contributed by atoms with van der Waals surface area (Å²) in [5, 5.41) is 0. The van der Waals surface area contributed by atoms with Crippen molar-refractivity contribution < 1.29 is 18.8 Å². The lowest BCUT2D eigenvalue weighted by Crippen LogP contribution is -2.41. The molecule has 3 rings (SSSR count). The monoisotopic (exact) mass is 291 g/mol. The Morgan fingerprint density at radius 1 is 1.14 bits per heavy atom. The molecule has 0 bridgehead atoms. The number of aromatic nitrogens is 1. The van der Waals surface area contributed by atoms with Crippen LogP contribution in [0.1, 0.15) is 40.5 Å². The van der Waals surface area contributed by atoms with E-state index < -0.39 is 7.12 Å². The average Bonchev–Trinajstić information content (AvgIpc) is 3.16. The van der Waals surface area contributed by atoms with Crippen LogP contribution < -0.4 is 15.1 Å². The summed E-state index contributed by atoms with van der Waals surface area (Å²) >= 11 is 0. The molecule has 0 aromatic carbocycles. The van der Waals surface area contributed by atoms with Crippen molar-refractivity contribution in [3.63, 3.8) is 0 Å². The van der Waals surface area contributed by atoms with Crippen molar-refractivity contribution in [1.82, 2.24) is 4.98 Å². The summed E-state index contributed by atoms with van der Waals surface area (Å²) in [5.41, 5.74) is -0.0940. The van der Waals surface area contributed by atoms with Crippen LogP contribution in [0.5, 0.6) is 11.6 Å². The molecule has 0 spiro atoms. The fourth-order valence-electron chi connectivity index (χ4n) is 2.14. The van der Waals surface area contributed by atoms with Crippen LogP contribution in [0, 0.1) is 0 Å². The molecule has 21 heavy (non-hydrogen) atoms. The Labute approximate surface area is 126 Å². The first-order chi connectivity index (χ1) is 9.80. The molecule has 0 atom stereocenters. The first kappa shape index (κ1) is 14.7. The largest absolute Gasteiger partial charge is 0.514 e. The second-order valence-electron chi connectivity index (χ2n) is 6.68. The second kappa shape index (κ2) is 4.88. The molecule has 0 unspecified atom stereocenters. The van der Waals surface area contributed by atoms with Gasteiger partial charge in [0.2, 0.25) is 5.88 Å². The van der Waals surface area contributed by atoms with E-state index in [2.05, 4.69) is 4.98 Å².